The monoisotopic (exact) mass is 353 g/mol. The average Bonchev–Trinajstić information content (AvgIpc) is 3.14. The minimum Gasteiger partial charge on any atom is -0.496 e. The SMILES string of the molecule is COc1cc(-c2cc(C(C)(C)C)ccc2N2CCCC2)c(OC)cc1C. The van der Waals surface area contributed by atoms with Crippen LogP contribution in [-0.4, -0.2) is 27.3 Å². The van der Waals surface area contributed by atoms with Crippen LogP contribution < -0.4 is 14.4 Å². The van der Waals surface area contributed by atoms with Crippen molar-refractivity contribution in [2.24, 2.45) is 0 Å². The quantitative estimate of drug-likeness (QED) is 0.716. The number of anilines is 1. The summed E-state index contributed by atoms with van der Waals surface area (Å²) in [4.78, 5) is 2.49. The summed E-state index contributed by atoms with van der Waals surface area (Å²) < 4.78 is 11.3. The molecule has 0 saturated carbocycles. The maximum Gasteiger partial charge on any atom is 0.127 e. The fraction of sp³-hybridized carbons (Fsp3) is 0.478. The molecule has 26 heavy (non-hydrogen) atoms. The molecule has 0 amide bonds. The molecule has 0 radical (unpaired) electrons. The summed E-state index contributed by atoms with van der Waals surface area (Å²) in [5.41, 5.74) is 6.14. The summed E-state index contributed by atoms with van der Waals surface area (Å²) in [6, 6.07) is 11.1. The lowest BCUT2D eigenvalue weighted by Gasteiger charge is -2.27. The van der Waals surface area contributed by atoms with Crippen molar-refractivity contribution in [2.75, 3.05) is 32.2 Å². The number of benzene rings is 2. The van der Waals surface area contributed by atoms with Crippen LogP contribution in [0, 0.1) is 6.92 Å². The van der Waals surface area contributed by atoms with E-state index in [1.165, 1.54) is 29.7 Å². The third-order valence-electron chi connectivity index (χ3n) is 5.32. The van der Waals surface area contributed by atoms with Crippen molar-refractivity contribution >= 4 is 5.69 Å². The highest BCUT2D eigenvalue weighted by Gasteiger charge is 2.23. The van der Waals surface area contributed by atoms with Gasteiger partial charge in [-0.15, -0.1) is 0 Å². The molecule has 0 atom stereocenters. The van der Waals surface area contributed by atoms with E-state index in [9.17, 15) is 0 Å². The first-order valence-electron chi connectivity index (χ1n) is 9.47. The van der Waals surface area contributed by atoms with Crippen LogP contribution in [0.5, 0.6) is 11.5 Å². The summed E-state index contributed by atoms with van der Waals surface area (Å²) in [6.07, 6.45) is 2.52. The van der Waals surface area contributed by atoms with Gasteiger partial charge in [-0.2, -0.15) is 0 Å². The van der Waals surface area contributed by atoms with Crippen LogP contribution in [0.3, 0.4) is 0 Å². The van der Waals surface area contributed by atoms with E-state index in [-0.39, 0.29) is 5.41 Å². The summed E-state index contributed by atoms with van der Waals surface area (Å²) in [5, 5.41) is 0. The Balaban J connectivity index is 2.24. The lowest BCUT2D eigenvalue weighted by atomic mass is 9.84. The molecule has 3 nitrogen and oxygen atoms in total. The largest absolute Gasteiger partial charge is 0.496 e. The van der Waals surface area contributed by atoms with E-state index in [4.69, 9.17) is 9.47 Å². The molecule has 0 unspecified atom stereocenters. The van der Waals surface area contributed by atoms with E-state index in [1.807, 2.05) is 0 Å². The molecule has 1 aliphatic heterocycles. The van der Waals surface area contributed by atoms with Gasteiger partial charge in [-0.1, -0.05) is 26.8 Å². The van der Waals surface area contributed by atoms with Gasteiger partial charge in [0.2, 0.25) is 0 Å². The Morgan fingerprint density at radius 1 is 0.846 bits per heavy atom. The summed E-state index contributed by atoms with van der Waals surface area (Å²) in [6.45, 7) is 11.1. The van der Waals surface area contributed by atoms with Crippen molar-refractivity contribution in [3.63, 3.8) is 0 Å². The Kier molecular flexibility index (Phi) is 5.17. The highest BCUT2D eigenvalue weighted by atomic mass is 16.5. The van der Waals surface area contributed by atoms with Crippen molar-refractivity contribution in [2.45, 2.75) is 46.0 Å². The second-order valence-electron chi connectivity index (χ2n) is 8.20. The number of aryl methyl sites for hydroxylation is 1. The van der Waals surface area contributed by atoms with Gasteiger partial charge in [-0.25, -0.2) is 0 Å². The van der Waals surface area contributed by atoms with Crippen molar-refractivity contribution in [3.05, 3.63) is 41.5 Å². The van der Waals surface area contributed by atoms with Crippen LogP contribution in [0.15, 0.2) is 30.3 Å². The lowest BCUT2D eigenvalue weighted by molar-refractivity contribution is 0.402. The predicted molar refractivity (Wildman–Crippen MR) is 110 cm³/mol. The first-order valence-corrected chi connectivity index (χ1v) is 9.47. The van der Waals surface area contributed by atoms with E-state index in [2.05, 4.69) is 62.9 Å². The average molecular weight is 354 g/mol. The van der Waals surface area contributed by atoms with Crippen molar-refractivity contribution in [1.82, 2.24) is 0 Å². The molecule has 3 rings (SSSR count). The Morgan fingerprint density at radius 2 is 1.50 bits per heavy atom. The molecule has 0 aromatic heterocycles. The smallest absolute Gasteiger partial charge is 0.127 e. The van der Waals surface area contributed by atoms with Gasteiger partial charge in [0.1, 0.15) is 11.5 Å². The van der Waals surface area contributed by atoms with Gasteiger partial charge in [0.25, 0.3) is 0 Å². The molecule has 0 spiro atoms. The zero-order chi connectivity index (χ0) is 18.9. The van der Waals surface area contributed by atoms with E-state index >= 15 is 0 Å². The number of nitrogens with zero attached hydrogens (tertiary/aromatic N) is 1. The third kappa shape index (κ3) is 3.53. The maximum absolute atomic E-state index is 5.75. The lowest BCUT2D eigenvalue weighted by Crippen LogP contribution is -2.19. The number of methoxy groups -OCH3 is 2. The van der Waals surface area contributed by atoms with Crippen molar-refractivity contribution < 1.29 is 9.47 Å². The van der Waals surface area contributed by atoms with Crippen LogP contribution >= 0.6 is 0 Å². The molecule has 0 aliphatic carbocycles. The number of hydrogen-bond donors (Lipinski definition) is 0. The molecule has 140 valence electrons. The molecular weight excluding hydrogens is 322 g/mol. The zero-order valence-electron chi connectivity index (χ0n) is 17.0. The van der Waals surface area contributed by atoms with Crippen molar-refractivity contribution in [1.29, 1.82) is 0 Å². The van der Waals surface area contributed by atoms with Crippen LogP contribution in [0.2, 0.25) is 0 Å². The molecule has 1 aliphatic rings. The third-order valence-corrected chi connectivity index (χ3v) is 5.32. The standard InChI is InChI=1S/C23H31NO2/c1-16-13-22(26-6)19(15-21(16)25-5)18-14-17(23(2,3)4)9-10-20(18)24-11-7-8-12-24/h9-10,13-15H,7-8,11-12H2,1-6H3. The van der Waals surface area contributed by atoms with Gasteiger partial charge < -0.3 is 14.4 Å². The Morgan fingerprint density at radius 3 is 2.08 bits per heavy atom. The fourth-order valence-electron chi connectivity index (χ4n) is 3.71. The minimum atomic E-state index is 0.0975. The Hall–Kier alpha value is -2.16. The molecule has 1 heterocycles. The highest BCUT2D eigenvalue weighted by molar-refractivity contribution is 5.84. The van der Waals surface area contributed by atoms with Crippen LogP contribution in [0.1, 0.15) is 44.7 Å². The normalized spacial score (nSPS) is 14.6. The topological polar surface area (TPSA) is 21.7 Å². The van der Waals surface area contributed by atoms with Gasteiger partial charge in [-0.3, -0.25) is 0 Å². The Labute approximate surface area is 157 Å². The number of ether oxygens (including phenoxy) is 2. The molecule has 2 aromatic carbocycles. The summed E-state index contributed by atoms with van der Waals surface area (Å²) in [7, 11) is 3.47. The molecule has 0 N–H and O–H groups in total. The zero-order valence-corrected chi connectivity index (χ0v) is 17.0. The molecule has 2 aromatic rings. The van der Waals surface area contributed by atoms with E-state index < -0.39 is 0 Å². The fourth-order valence-corrected chi connectivity index (χ4v) is 3.71. The summed E-state index contributed by atoms with van der Waals surface area (Å²) >= 11 is 0. The minimum absolute atomic E-state index is 0.0975. The van der Waals surface area contributed by atoms with E-state index in [0.29, 0.717) is 0 Å². The van der Waals surface area contributed by atoms with Gasteiger partial charge in [-0.05, 0) is 60.6 Å². The van der Waals surface area contributed by atoms with Crippen molar-refractivity contribution in [3.8, 4) is 22.6 Å². The molecule has 0 bridgehead atoms. The molecular formula is C23H31NO2. The molecule has 1 fully saturated rings. The molecule has 1 saturated heterocycles. The summed E-state index contributed by atoms with van der Waals surface area (Å²) in [5.74, 6) is 1.80. The van der Waals surface area contributed by atoms with Gasteiger partial charge >= 0.3 is 0 Å². The van der Waals surface area contributed by atoms with Gasteiger partial charge in [0, 0.05) is 29.9 Å². The van der Waals surface area contributed by atoms with E-state index in [1.54, 1.807) is 14.2 Å². The Bertz CT molecular complexity index is 784. The molecule has 3 heteroatoms. The van der Waals surface area contributed by atoms with Gasteiger partial charge in [0.15, 0.2) is 0 Å². The van der Waals surface area contributed by atoms with Crippen LogP contribution in [0.25, 0.3) is 11.1 Å². The predicted octanol–water partition coefficient (Wildman–Crippen LogP) is 5.58. The van der Waals surface area contributed by atoms with Gasteiger partial charge in [0.05, 0.1) is 14.2 Å². The number of hydrogen-bond acceptors (Lipinski definition) is 3. The first-order chi connectivity index (χ1) is 12.3. The number of rotatable bonds is 4. The highest BCUT2D eigenvalue weighted by Crippen LogP contribution is 2.43. The maximum atomic E-state index is 5.75. The van der Waals surface area contributed by atoms with Crippen LogP contribution in [0.4, 0.5) is 5.69 Å². The second-order valence-corrected chi connectivity index (χ2v) is 8.20. The second kappa shape index (κ2) is 7.22. The van der Waals surface area contributed by atoms with E-state index in [0.717, 1.165) is 35.7 Å². The van der Waals surface area contributed by atoms with Crippen LogP contribution in [-0.2, 0) is 5.41 Å². The first kappa shape index (κ1) is 18.6.